The van der Waals surface area contributed by atoms with Crippen LogP contribution in [0, 0.1) is 0 Å². The molecular formula is C25H26ClN5O2. The number of anilines is 1. The topological polar surface area (TPSA) is 72.8 Å². The van der Waals surface area contributed by atoms with E-state index in [1.165, 1.54) is 0 Å². The van der Waals surface area contributed by atoms with Crippen LogP contribution in [0.3, 0.4) is 0 Å². The van der Waals surface area contributed by atoms with Crippen LogP contribution in [0.2, 0.25) is 5.02 Å². The molecule has 0 spiro atoms. The van der Waals surface area contributed by atoms with E-state index < -0.39 is 6.10 Å². The van der Waals surface area contributed by atoms with Gasteiger partial charge in [0.2, 0.25) is 0 Å². The molecule has 5 rings (SSSR count). The highest BCUT2D eigenvalue weighted by Gasteiger charge is 2.38. The average Bonchev–Trinajstić information content (AvgIpc) is 3.26. The highest BCUT2D eigenvalue weighted by Crippen LogP contribution is 2.26. The van der Waals surface area contributed by atoms with Crippen LogP contribution in [-0.4, -0.2) is 82.2 Å². The minimum absolute atomic E-state index is 0.00734. The Kier molecular flexibility index (Phi) is 6.26. The number of rotatable bonds is 4. The van der Waals surface area contributed by atoms with Gasteiger partial charge in [-0.3, -0.25) is 9.69 Å². The summed E-state index contributed by atoms with van der Waals surface area (Å²) in [6.45, 7) is 3.95. The van der Waals surface area contributed by atoms with Crippen molar-refractivity contribution in [3.63, 3.8) is 0 Å². The smallest absolute Gasteiger partial charge is 0.253 e. The van der Waals surface area contributed by atoms with Crippen molar-refractivity contribution in [2.75, 3.05) is 44.2 Å². The van der Waals surface area contributed by atoms with Crippen molar-refractivity contribution >= 4 is 23.3 Å². The zero-order valence-corrected chi connectivity index (χ0v) is 19.0. The first-order chi connectivity index (χ1) is 16.1. The van der Waals surface area contributed by atoms with Crippen LogP contribution in [0.25, 0.3) is 11.3 Å². The molecule has 1 aromatic heterocycles. The van der Waals surface area contributed by atoms with Gasteiger partial charge in [0.25, 0.3) is 5.91 Å². The molecule has 0 bridgehead atoms. The van der Waals surface area contributed by atoms with Gasteiger partial charge in [-0.1, -0.05) is 41.9 Å². The number of hydrogen-bond acceptors (Lipinski definition) is 6. The first-order valence-corrected chi connectivity index (χ1v) is 11.6. The summed E-state index contributed by atoms with van der Waals surface area (Å²) in [5.74, 6) is 0.844. The molecule has 3 aromatic rings. The Morgan fingerprint density at radius 3 is 2.39 bits per heavy atom. The lowest BCUT2D eigenvalue weighted by molar-refractivity contribution is 0.0376. The molecule has 2 unspecified atom stereocenters. The van der Waals surface area contributed by atoms with Gasteiger partial charge in [0.15, 0.2) is 0 Å². The number of β-amino-alcohol motifs (C(OH)–C–C–N with tert-alkyl or cyclic N) is 1. The van der Waals surface area contributed by atoms with E-state index in [1.807, 2.05) is 41.3 Å². The molecule has 2 aliphatic rings. The van der Waals surface area contributed by atoms with Crippen LogP contribution >= 0.6 is 11.6 Å². The van der Waals surface area contributed by atoms with Gasteiger partial charge in [-0.05, 0) is 24.3 Å². The molecule has 2 saturated heterocycles. The van der Waals surface area contributed by atoms with E-state index in [-0.39, 0.29) is 11.9 Å². The van der Waals surface area contributed by atoms with Crippen molar-refractivity contribution in [3.8, 4) is 11.3 Å². The third-order valence-electron chi connectivity index (χ3n) is 6.47. The second-order valence-corrected chi connectivity index (χ2v) is 8.94. The van der Waals surface area contributed by atoms with Crippen LogP contribution in [-0.2, 0) is 0 Å². The quantitative estimate of drug-likeness (QED) is 0.641. The van der Waals surface area contributed by atoms with Gasteiger partial charge in [-0.2, -0.15) is 0 Å². The van der Waals surface area contributed by atoms with Crippen molar-refractivity contribution in [3.05, 3.63) is 77.6 Å². The summed E-state index contributed by atoms with van der Waals surface area (Å²) in [6.07, 6.45) is 1.11. The van der Waals surface area contributed by atoms with Crippen molar-refractivity contribution in [1.29, 1.82) is 0 Å². The first kappa shape index (κ1) is 21.8. The molecule has 170 valence electrons. The Hall–Kier alpha value is -3.00. The minimum atomic E-state index is -0.473. The monoisotopic (exact) mass is 463 g/mol. The van der Waals surface area contributed by atoms with Crippen molar-refractivity contribution in [1.82, 2.24) is 19.8 Å². The fourth-order valence-electron chi connectivity index (χ4n) is 4.63. The summed E-state index contributed by atoms with van der Waals surface area (Å²) in [4.78, 5) is 27.9. The average molecular weight is 464 g/mol. The van der Waals surface area contributed by atoms with Gasteiger partial charge in [-0.25, -0.2) is 9.97 Å². The summed E-state index contributed by atoms with van der Waals surface area (Å²) < 4.78 is 0. The number of aliphatic hydroxyl groups excluding tert-OH is 1. The number of hydrogen-bond donors (Lipinski definition) is 1. The maximum absolute atomic E-state index is 12.8. The van der Waals surface area contributed by atoms with Crippen LogP contribution in [0.5, 0.6) is 0 Å². The molecule has 0 saturated carbocycles. The minimum Gasteiger partial charge on any atom is -0.390 e. The first-order valence-electron chi connectivity index (χ1n) is 11.2. The molecule has 1 N–H and O–H groups in total. The molecule has 3 heterocycles. The van der Waals surface area contributed by atoms with Crippen LogP contribution in [0.15, 0.2) is 67.0 Å². The number of aromatic nitrogens is 2. The number of nitrogens with zero attached hydrogens (tertiary/aromatic N) is 5. The Morgan fingerprint density at radius 2 is 1.67 bits per heavy atom. The standard InChI is InChI=1S/C25H26ClN5O2/c26-20-8-6-19(7-9-20)25(33)30-12-10-29(11-13-30)22-15-31(16-23(22)32)24-14-21(27-17-28-24)18-4-2-1-3-5-18/h1-9,14,17,22-23,32H,10-13,15-16H2. The summed E-state index contributed by atoms with van der Waals surface area (Å²) in [5, 5.41) is 11.4. The Balaban J connectivity index is 1.22. The SMILES string of the molecule is O=C(c1ccc(Cl)cc1)N1CCN(C2CN(c3cc(-c4ccccc4)ncn3)CC2O)CC1. The summed E-state index contributed by atoms with van der Waals surface area (Å²) in [6, 6.07) is 19.0. The van der Waals surface area contributed by atoms with E-state index in [0.717, 1.165) is 30.2 Å². The molecule has 0 radical (unpaired) electrons. The predicted molar refractivity (Wildman–Crippen MR) is 128 cm³/mol. The second-order valence-electron chi connectivity index (χ2n) is 8.50. The number of halogens is 1. The molecule has 2 atom stereocenters. The largest absolute Gasteiger partial charge is 0.390 e. The van der Waals surface area contributed by atoms with E-state index in [0.29, 0.717) is 36.8 Å². The van der Waals surface area contributed by atoms with Crippen LogP contribution < -0.4 is 4.90 Å². The van der Waals surface area contributed by atoms with E-state index in [4.69, 9.17) is 11.6 Å². The van der Waals surface area contributed by atoms with Gasteiger partial charge in [-0.15, -0.1) is 0 Å². The zero-order valence-electron chi connectivity index (χ0n) is 18.2. The lowest BCUT2D eigenvalue weighted by Gasteiger charge is -2.38. The van der Waals surface area contributed by atoms with E-state index in [1.54, 1.807) is 30.6 Å². The van der Waals surface area contributed by atoms with Gasteiger partial charge in [0, 0.05) is 61.5 Å². The van der Waals surface area contributed by atoms with Crippen LogP contribution in [0.4, 0.5) is 5.82 Å². The van der Waals surface area contributed by atoms with Gasteiger partial charge < -0.3 is 14.9 Å². The van der Waals surface area contributed by atoms with Crippen LogP contribution in [0.1, 0.15) is 10.4 Å². The van der Waals surface area contributed by atoms with Crippen molar-refractivity contribution in [2.24, 2.45) is 0 Å². The predicted octanol–water partition coefficient (Wildman–Crippen LogP) is 2.80. The Bertz CT molecular complexity index is 1100. The third kappa shape index (κ3) is 4.71. The molecule has 2 aromatic carbocycles. The Labute approximate surface area is 198 Å². The highest BCUT2D eigenvalue weighted by atomic mass is 35.5. The third-order valence-corrected chi connectivity index (χ3v) is 6.72. The normalized spacial score (nSPS) is 21.4. The molecular weight excluding hydrogens is 438 g/mol. The maximum Gasteiger partial charge on any atom is 0.253 e. The molecule has 1 amide bonds. The zero-order chi connectivity index (χ0) is 22.8. The number of aliphatic hydroxyl groups is 1. The fourth-order valence-corrected chi connectivity index (χ4v) is 4.76. The molecule has 8 heteroatoms. The molecule has 7 nitrogen and oxygen atoms in total. The van der Waals surface area contributed by atoms with E-state index >= 15 is 0 Å². The molecule has 2 fully saturated rings. The Morgan fingerprint density at radius 1 is 0.939 bits per heavy atom. The lowest BCUT2D eigenvalue weighted by atomic mass is 10.1. The van der Waals surface area contributed by atoms with E-state index in [9.17, 15) is 9.90 Å². The van der Waals surface area contributed by atoms with Crippen molar-refractivity contribution < 1.29 is 9.90 Å². The highest BCUT2D eigenvalue weighted by molar-refractivity contribution is 6.30. The number of amides is 1. The van der Waals surface area contributed by atoms with Gasteiger partial charge in [0.1, 0.15) is 12.1 Å². The second kappa shape index (κ2) is 9.47. The number of benzene rings is 2. The van der Waals surface area contributed by atoms with Gasteiger partial charge >= 0.3 is 0 Å². The molecule has 2 aliphatic heterocycles. The summed E-state index contributed by atoms with van der Waals surface area (Å²) in [7, 11) is 0. The summed E-state index contributed by atoms with van der Waals surface area (Å²) >= 11 is 5.94. The number of carbonyl (C=O) groups excluding carboxylic acids is 1. The number of carbonyl (C=O) groups is 1. The summed E-state index contributed by atoms with van der Waals surface area (Å²) in [5.41, 5.74) is 2.56. The van der Waals surface area contributed by atoms with Gasteiger partial charge in [0.05, 0.1) is 17.8 Å². The molecule has 0 aliphatic carbocycles. The van der Waals surface area contributed by atoms with Crippen molar-refractivity contribution in [2.45, 2.75) is 12.1 Å². The number of piperazine rings is 1. The maximum atomic E-state index is 12.8. The molecule has 33 heavy (non-hydrogen) atoms. The lowest BCUT2D eigenvalue weighted by Crippen LogP contribution is -2.54. The fraction of sp³-hybridized carbons (Fsp3) is 0.320. The van der Waals surface area contributed by atoms with E-state index in [2.05, 4.69) is 19.8 Å².